The molecule has 2 rings (SSSR count). The van der Waals surface area contributed by atoms with E-state index in [9.17, 15) is 9.59 Å². The first-order valence-corrected chi connectivity index (χ1v) is 11.3. The first kappa shape index (κ1) is 25.0. The van der Waals surface area contributed by atoms with Crippen LogP contribution < -0.4 is 10.1 Å². The molecule has 0 saturated carbocycles. The smallest absolute Gasteiger partial charge is 0.261 e. The molecule has 2 aromatic rings. The number of hydrogen-bond acceptors (Lipinski definition) is 3. The van der Waals surface area contributed by atoms with Gasteiger partial charge in [0, 0.05) is 28.7 Å². The minimum absolute atomic E-state index is 0.119. The van der Waals surface area contributed by atoms with Crippen LogP contribution in [0, 0.1) is 6.92 Å². The molecule has 1 atom stereocenters. The molecule has 0 aliphatic rings. The van der Waals surface area contributed by atoms with Crippen molar-refractivity contribution in [1.29, 1.82) is 0 Å². The van der Waals surface area contributed by atoms with Gasteiger partial charge < -0.3 is 15.0 Å². The van der Waals surface area contributed by atoms with E-state index in [2.05, 4.69) is 12.2 Å². The Labute approximate surface area is 194 Å². The highest BCUT2D eigenvalue weighted by Crippen LogP contribution is 2.27. The Morgan fingerprint density at radius 3 is 2.35 bits per heavy atom. The average molecular weight is 465 g/mol. The maximum atomic E-state index is 13.2. The Morgan fingerprint density at radius 1 is 1.06 bits per heavy atom. The van der Waals surface area contributed by atoms with Crippen molar-refractivity contribution in [3.8, 4) is 5.75 Å². The second-order valence-corrected chi connectivity index (χ2v) is 8.16. The van der Waals surface area contributed by atoms with E-state index >= 15 is 0 Å². The Kier molecular flexibility index (Phi) is 10.2. The molecule has 2 aromatic carbocycles. The van der Waals surface area contributed by atoms with Crippen LogP contribution in [-0.4, -0.2) is 35.9 Å². The van der Waals surface area contributed by atoms with Gasteiger partial charge in [0.1, 0.15) is 11.8 Å². The van der Waals surface area contributed by atoms with Gasteiger partial charge >= 0.3 is 0 Å². The van der Waals surface area contributed by atoms with Gasteiger partial charge in [0.25, 0.3) is 5.91 Å². The van der Waals surface area contributed by atoms with Crippen LogP contribution in [0.3, 0.4) is 0 Å². The molecule has 0 saturated heterocycles. The summed E-state index contributed by atoms with van der Waals surface area (Å²) in [6.45, 7) is 6.35. The van der Waals surface area contributed by atoms with Crippen molar-refractivity contribution in [3.05, 3.63) is 63.6 Å². The molecular weight excluding hydrogens is 435 g/mol. The van der Waals surface area contributed by atoms with Gasteiger partial charge in [-0.2, -0.15) is 0 Å². The minimum Gasteiger partial charge on any atom is -0.484 e. The Bertz CT molecular complexity index is 869. The van der Waals surface area contributed by atoms with Crippen LogP contribution in [0.1, 0.15) is 44.2 Å². The summed E-state index contributed by atoms with van der Waals surface area (Å²) in [7, 11) is 0. The number of carbonyl (C=O) groups is 2. The van der Waals surface area contributed by atoms with Gasteiger partial charge in [-0.1, -0.05) is 67.7 Å². The zero-order valence-electron chi connectivity index (χ0n) is 18.3. The molecule has 0 heterocycles. The molecule has 0 unspecified atom stereocenters. The van der Waals surface area contributed by atoms with Crippen molar-refractivity contribution < 1.29 is 14.3 Å². The summed E-state index contributed by atoms with van der Waals surface area (Å²) >= 11 is 12.7. The van der Waals surface area contributed by atoms with Gasteiger partial charge in [0.15, 0.2) is 6.61 Å². The summed E-state index contributed by atoms with van der Waals surface area (Å²) < 4.78 is 5.76. The second kappa shape index (κ2) is 12.6. The van der Waals surface area contributed by atoms with E-state index in [0.29, 0.717) is 34.3 Å². The molecule has 0 spiro atoms. The van der Waals surface area contributed by atoms with Crippen LogP contribution in [-0.2, 0) is 16.1 Å². The fourth-order valence-corrected chi connectivity index (χ4v) is 3.74. The van der Waals surface area contributed by atoms with E-state index in [-0.39, 0.29) is 25.0 Å². The number of nitrogens with zero attached hydrogens (tertiary/aromatic N) is 1. The third kappa shape index (κ3) is 7.15. The number of aryl methyl sites for hydroxylation is 1. The van der Waals surface area contributed by atoms with Gasteiger partial charge in [-0.25, -0.2) is 0 Å². The quantitative estimate of drug-likeness (QED) is 0.452. The zero-order valence-corrected chi connectivity index (χ0v) is 19.8. The molecule has 0 bridgehead atoms. The molecule has 0 aliphatic heterocycles. The predicted octanol–water partition coefficient (Wildman–Crippen LogP) is 5.40. The molecule has 168 valence electrons. The van der Waals surface area contributed by atoms with E-state index in [0.717, 1.165) is 18.4 Å². The highest BCUT2D eigenvalue weighted by molar-refractivity contribution is 6.36. The molecule has 7 heteroatoms. The first-order valence-electron chi connectivity index (χ1n) is 10.6. The van der Waals surface area contributed by atoms with E-state index < -0.39 is 6.04 Å². The molecular formula is C24H30Cl2N2O3. The fourth-order valence-electron chi connectivity index (χ4n) is 3.22. The number of unbranched alkanes of at least 4 members (excludes halogenated alkanes) is 1. The number of amides is 2. The number of hydrogen-bond donors (Lipinski definition) is 1. The summed E-state index contributed by atoms with van der Waals surface area (Å²) in [5.74, 6) is 0.132. The van der Waals surface area contributed by atoms with Crippen molar-refractivity contribution in [1.82, 2.24) is 10.2 Å². The van der Waals surface area contributed by atoms with Crippen molar-refractivity contribution in [2.45, 2.75) is 52.6 Å². The summed E-state index contributed by atoms with van der Waals surface area (Å²) in [5.41, 5.74) is 1.54. The summed E-state index contributed by atoms with van der Waals surface area (Å²) in [4.78, 5) is 27.6. The lowest BCUT2D eigenvalue weighted by Gasteiger charge is -2.31. The van der Waals surface area contributed by atoms with Crippen LogP contribution in [0.25, 0.3) is 0 Å². The van der Waals surface area contributed by atoms with Crippen LogP contribution in [0.5, 0.6) is 5.75 Å². The van der Waals surface area contributed by atoms with E-state index in [4.69, 9.17) is 27.9 Å². The molecule has 1 N–H and O–H groups in total. The Morgan fingerprint density at radius 2 is 1.74 bits per heavy atom. The fraction of sp³-hybridized carbons (Fsp3) is 0.417. The lowest BCUT2D eigenvalue weighted by molar-refractivity contribution is -0.143. The van der Waals surface area contributed by atoms with Gasteiger partial charge in [-0.15, -0.1) is 0 Å². The molecule has 0 radical (unpaired) electrons. The van der Waals surface area contributed by atoms with Crippen molar-refractivity contribution in [2.75, 3.05) is 13.2 Å². The molecule has 31 heavy (non-hydrogen) atoms. The average Bonchev–Trinajstić information content (AvgIpc) is 2.75. The SMILES string of the molecule is CCCCNC(=O)[C@H](CC)N(Cc1c(Cl)cccc1Cl)C(=O)COc1ccccc1C. The van der Waals surface area contributed by atoms with Gasteiger partial charge in [0.05, 0.1) is 0 Å². The van der Waals surface area contributed by atoms with E-state index in [1.807, 2.05) is 38.1 Å². The van der Waals surface area contributed by atoms with Crippen LogP contribution >= 0.6 is 23.2 Å². The molecule has 0 aliphatic carbocycles. The highest BCUT2D eigenvalue weighted by atomic mass is 35.5. The maximum Gasteiger partial charge on any atom is 0.261 e. The number of rotatable bonds is 11. The number of para-hydroxylation sites is 1. The number of benzene rings is 2. The van der Waals surface area contributed by atoms with E-state index in [1.54, 1.807) is 18.2 Å². The lowest BCUT2D eigenvalue weighted by atomic mass is 10.1. The standard InChI is InChI=1S/C24H30Cl2N2O3/c1-4-6-14-27-24(30)21(5-2)28(15-18-19(25)11-9-12-20(18)26)23(29)16-31-22-13-8-7-10-17(22)3/h7-13,21H,4-6,14-16H2,1-3H3,(H,27,30)/t21-/m0/s1. The largest absolute Gasteiger partial charge is 0.484 e. The summed E-state index contributed by atoms with van der Waals surface area (Å²) in [6, 6.07) is 12.0. The Hall–Kier alpha value is -2.24. The Balaban J connectivity index is 2.26. The molecule has 5 nitrogen and oxygen atoms in total. The molecule has 0 aromatic heterocycles. The zero-order chi connectivity index (χ0) is 22.8. The van der Waals surface area contributed by atoms with Crippen LogP contribution in [0.4, 0.5) is 0 Å². The third-order valence-electron chi connectivity index (χ3n) is 5.05. The normalized spacial score (nSPS) is 11.6. The van der Waals surface area contributed by atoms with Gasteiger partial charge in [-0.05, 0) is 43.5 Å². The number of halogens is 2. The molecule has 0 fully saturated rings. The first-order chi connectivity index (χ1) is 14.9. The monoisotopic (exact) mass is 464 g/mol. The summed E-state index contributed by atoms with van der Waals surface area (Å²) in [5, 5.41) is 3.83. The summed E-state index contributed by atoms with van der Waals surface area (Å²) in [6.07, 6.45) is 2.30. The van der Waals surface area contributed by atoms with E-state index in [1.165, 1.54) is 4.90 Å². The number of carbonyl (C=O) groups excluding carboxylic acids is 2. The van der Waals surface area contributed by atoms with Crippen LogP contribution in [0.2, 0.25) is 10.0 Å². The topological polar surface area (TPSA) is 58.6 Å². The maximum absolute atomic E-state index is 13.2. The van der Waals surface area contributed by atoms with Crippen LogP contribution in [0.15, 0.2) is 42.5 Å². The van der Waals surface area contributed by atoms with Gasteiger partial charge in [0.2, 0.25) is 5.91 Å². The highest BCUT2D eigenvalue weighted by Gasteiger charge is 2.30. The van der Waals surface area contributed by atoms with Gasteiger partial charge in [-0.3, -0.25) is 9.59 Å². The van der Waals surface area contributed by atoms with Crippen molar-refractivity contribution in [3.63, 3.8) is 0 Å². The number of nitrogens with one attached hydrogen (secondary N) is 1. The predicted molar refractivity (Wildman–Crippen MR) is 126 cm³/mol. The number of ether oxygens (including phenoxy) is 1. The third-order valence-corrected chi connectivity index (χ3v) is 5.76. The van der Waals surface area contributed by atoms with Crippen molar-refractivity contribution in [2.24, 2.45) is 0 Å². The molecule has 2 amide bonds. The minimum atomic E-state index is -0.655. The lowest BCUT2D eigenvalue weighted by Crippen LogP contribution is -2.50. The van der Waals surface area contributed by atoms with Crippen molar-refractivity contribution >= 4 is 35.0 Å². The second-order valence-electron chi connectivity index (χ2n) is 7.34.